The molecule has 14 nitrogen and oxygen atoms in total. The number of amides is 3. The van der Waals surface area contributed by atoms with E-state index in [2.05, 4.69) is 15.3 Å². The zero-order chi connectivity index (χ0) is 37.6. The van der Waals surface area contributed by atoms with Crippen LogP contribution in [0.15, 0.2) is 79.4 Å². The largest absolute Gasteiger partial charge is 0.490 e. The fraction of sp³-hybridized carbons (Fsp3) is 0.500. The Balaban J connectivity index is 0.000000251. The number of carbonyl (C=O) groups is 3. The maximum atomic E-state index is 12.7. The molecule has 3 aromatic rings. The zero-order valence-electron chi connectivity index (χ0n) is 31.0. The van der Waals surface area contributed by atoms with E-state index in [0.717, 1.165) is 12.1 Å². The van der Waals surface area contributed by atoms with Gasteiger partial charge in [0.15, 0.2) is 0 Å². The van der Waals surface area contributed by atoms with Crippen molar-refractivity contribution >= 4 is 18.3 Å². The molecule has 0 spiro atoms. The van der Waals surface area contributed by atoms with Gasteiger partial charge in [-0.2, -0.15) is 0 Å². The van der Waals surface area contributed by atoms with Crippen LogP contribution >= 0.6 is 0 Å². The van der Waals surface area contributed by atoms with Gasteiger partial charge in [-0.25, -0.2) is 14.4 Å². The standard InChI is InChI=1S/C23H29N3O5.C15H23N3O3/c1-23(2,3)31-22(28)26-13-12-25(21(27)30-16-18-8-5-4-6-9-18)15-19(26)17-29-20-10-7-11-24-14-20;1-15(2,3)21-14(19)18-8-7-17-9-12(18)11-20-13-5-4-6-16-10-13/h4-11,14,19H,12-13,15-17H2,1-3H3;4-6,10,12,17H,7-9,11H2,1-3H3. The molecule has 3 amide bonds. The summed E-state index contributed by atoms with van der Waals surface area (Å²) in [6.45, 7) is 14.9. The Kier molecular flexibility index (Phi) is 14.4. The molecule has 0 saturated carbocycles. The minimum atomic E-state index is -0.614. The monoisotopic (exact) mass is 720 g/mol. The van der Waals surface area contributed by atoms with Crippen molar-refractivity contribution < 1.29 is 38.1 Å². The number of pyridine rings is 2. The predicted molar refractivity (Wildman–Crippen MR) is 194 cm³/mol. The summed E-state index contributed by atoms with van der Waals surface area (Å²) in [5.41, 5.74) is -0.186. The Bertz CT molecular complexity index is 1540. The van der Waals surface area contributed by atoms with Gasteiger partial charge in [0.25, 0.3) is 0 Å². The van der Waals surface area contributed by atoms with Gasteiger partial charge in [-0.3, -0.25) is 19.8 Å². The summed E-state index contributed by atoms with van der Waals surface area (Å²) in [7, 11) is 0. The maximum absolute atomic E-state index is 12.7. The Labute approximate surface area is 306 Å². The molecule has 14 heteroatoms. The SMILES string of the molecule is CC(C)(C)OC(=O)N1CCN(C(=O)OCc2ccccc2)CC1COc1cccnc1.CC(C)(C)OC(=O)N1CCNCC1COc1cccnc1. The molecule has 2 aliphatic heterocycles. The second kappa shape index (κ2) is 18.9. The Morgan fingerprint density at radius 3 is 1.81 bits per heavy atom. The highest BCUT2D eigenvalue weighted by atomic mass is 16.6. The lowest BCUT2D eigenvalue weighted by Crippen LogP contribution is -2.59. The first kappa shape index (κ1) is 39.7. The molecule has 0 bridgehead atoms. The summed E-state index contributed by atoms with van der Waals surface area (Å²) in [4.78, 5) is 50.6. The molecular weight excluding hydrogens is 668 g/mol. The van der Waals surface area contributed by atoms with Crippen molar-refractivity contribution in [2.75, 3.05) is 52.5 Å². The molecule has 2 aliphatic rings. The van der Waals surface area contributed by atoms with Crippen LogP contribution in [-0.4, -0.2) is 119 Å². The van der Waals surface area contributed by atoms with Crippen LogP contribution in [-0.2, 0) is 20.8 Å². The van der Waals surface area contributed by atoms with Crippen LogP contribution < -0.4 is 14.8 Å². The number of rotatable bonds is 8. The Hall–Kier alpha value is -5.11. The fourth-order valence-corrected chi connectivity index (χ4v) is 5.26. The second-order valence-electron chi connectivity index (χ2n) is 14.3. The molecule has 2 unspecified atom stereocenters. The predicted octanol–water partition coefficient (Wildman–Crippen LogP) is 5.39. The summed E-state index contributed by atoms with van der Waals surface area (Å²) in [5, 5.41) is 3.27. The van der Waals surface area contributed by atoms with Gasteiger partial charge in [-0.15, -0.1) is 0 Å². The van der Waals surface area contributed by atoms with E-state index in [4.69, 9.17) is 23.7 Å². The third kappa shape index (κ3) is 13.5. The zero-order valence-corrected chi connectivity index (χ0v) is 31.0. The average Bonchev–Trinajstić information content (AvgIpc) is 3.12. The first-order chi connectivity index (χ1) is 24.8. The van der Waals surface area contributed by atoms with E-state index in [-0.39, 0.29) is 37.9 Å². The topological polar surface area (TPSA) is 145 Å². The van der Waals surface area contributed by atoms with Crippen molar-refractivity contribution in [2.45, 2.75) is 71.4 Å². The number of carbonyl (C=O) groups excluding carboxylic acids is 3. The molecule has 2 aromatic heterocycles. The van der Waals surface area contributed by atoms with Gasteiger partial charge in [0.05, 0.1) is 24.5 Å². The number of benzene rings is 1. The number of ether oxygens (including phenoxy) is 5. The molecule has 282 valence electrons. The van der Waals surface area contributed by atoms with Crippen LogP contribution in [0.3, 0.4) is 0 Å². The van der Waals surface area contributed by atoms with E-state index in [9.17, 15) is 14.4 Å². The number of hydrogen-bond acceptors (Lipinski definition) is 11. The van der Waals surface area contributed by atoms with E-state index in [1.165, 1.54) is 0 Å². The first-order valence-corrected chi connectivity index (χ1v) is 17.5. The molecule has 52 heavy (non-hydrogen) atoms. The Morgan fingerprint density at radius 2 is 1.27 bits per heavy atom. The number of hydrogen-bond donors (Lipinski definition) is 1. The minimum Gasteiger partial charge on any atom is -0.490 e. The van der Waals surface area contributed by atoms with Gasteiger partial charge in [0.1, 0.15) is 42.5 Å². The molecule has 2 saturated heterocycles. The molecule has 4 heterocycles. The van der Waals surface area contributed by atoms with Gasteiger partial charge in [0.2, 0.25) is 0 Å². The van der Waals surface area contributed by atoms with Crippen LogP contribution in [0.4, 0.5) is 14.4 Å². The van der Waals surface area contributed by atoms with Crippen molar-refractivity contribution in [3.05, 3.63) is 84.9 Å². The number of nitrogens with one attached hydrogen (secondary N) is 1. The quantitative estimate of drug-likeness (QED) is 0.299. The van der Waals surface area contributed by atoms with Crippen molar-refractivity contribution in [2.24, 2.45) is 0 Å². The normalized spacial score (nSPS) is 17.6. The molecule has 0 aliphatic carbocycles. The van der Waals surface area contributed by atoms with Crippen molar-refractivity contribution in [3.63, 3.8) is 0 Å². The molecular formula is C38H52N6O8. The summed E-state index contributed by atoms with van der Waals surface area (Å²) in [5.74, 6) is 1.29. The lowest BCUT2D eigenvalue weighted by atomic mass is 10.2. The number of nitrogens with zero attached hydrogens (tertiary/aromatic N) is 5. The lowest BCUT2D eigenvalue weighted by Gasteiger charge is -2.40. The molecule has 5 rings (SSSR count). The molecule has 2 atom stereocenters. The smallest absolute Gasteiger partial charge is 0.410 e. The minimum absolute atomic E-state index is 0.0474. The van der Waals surface area contributed by atoms with E-state index >= 15 is 0 Å². The maximum Gasteiger partial charge on any atom is 0.410 e. The van der Waals surface area contributed by atoms with Gasteiger partial charge in [-0.05, 0) is 71.4 Å². The van der Waals surface area contributed by atoms with Gasteiger partial charge in [0, 0.05) is 51.7 Å². The van der Waals surface area contributed by atoms with Crippen LogP contribution in [0.5, 0.6) is 11.5 Å². The Morgan fingerprint density at radius 1 is 0.712 bits per heavy atom. The van der Waals surface area contributed by atoms with E-state index in [1.54, 1.807) is 51.6 Å². The van der Waals surface area contributed by atoms with E-state index in [0.29, 0.717) is 44.3 Å². The molecule has 1 aromatic carbocycles. The van der Waals surface area contributed by atoms with Crippen molar-refractivity contribution in [1.29, 1.82) is 0 Å². The fourth-order valence-electron chi connectivity index (χ4n) is 5.26. The summed E-state index contributed by atoms with van der Waals surface area (Å²) < 4.78 is 28.0. The van der Waals surface area contributed by atoms with Crippen LogP contribution in [0.2, 0.25) is 0 Å². The molecule has 2 fully saturated rings. The second-order valence-corrected chi connectivity index (χ2v) is 14.3. The third-order valence-electron chi connectivity index (χ3n) is 7.71. The highest BCUT2D eigenvalue weighted by molar-refractivity contribution is 5.71. The average molecular weight is 721 g/mol. The third-order valence-corrected chi connectivity index (χ3v) is 7.71. The van der Waals surface area contributed by atoms with Gasteiger partial charge in [-0.1, -0.05) is 30.3 Å². The van der Waals surface area contributed by atoms with Crippen molar-refractivity contribution in [1.82, 2.24) is 30.0 Å². The van der Waals surface area contributed by atoms with Crippen LogP contribution in [0, 0.1) is 0 Å². The first-order valence-electron chi connectivity index (χ1n) is 17.5. The highest BCUT2D eigenvalue weighted by Gasteiger charge is 2.36. The van der Waals surface area contributed by atoms with Crippen molar-refractivity contribution in [3.8, 4) is 11.5 Å². The van der Waals surface area contributed by atoms with Gasteiger partial charge < -0.3 is 33.9 Å². The van der Waals surface area contributed by atoms with E-state index in [1.807, 2.05) is 84.0 Å². The number of piperazine rings is 2. The molecule has 1 N–H and O–H groups in total. The molecule has 0 radical (unpaired) electrons. The van der Waals surface area contributed by atoms with Crippen LogP contribution in [0.1, 0.15) is 47.1 Å². The van der Waals surface area contributed by atoms with Gasteiger partial charge >= 0.3 is 18.3 Å². The highest BCUT2D eigenvalue weighted by Crippen LogP contribution is 2.19. The summed E-state index contributed by atoms with van der Waals surface area (Å²) in [6, 6.07) is 16.3. The summed E-state index contributed by atoms with van der Waals surface area (Å²) >= 11 is 0. The van der Waals surface area contributed by atoms with Crippen LogP contribution in [0.25, 0.3) is 0 Å². The lowest BCUT2D eigenvalue weighted by molar-refractivity contribution is -0.0106. The number of aromatic nitrogens is 2. The van der Waals surface area contributed by atoms with E-state index < -0.39 is 23.4 Å². The summed E-state index contributed by atoms with van der Waals surface area (Å²) in [6.07, 6.45) is 5.49.